The summed E-state index contributed by atoms with van der Waals surface area (Å²) in [5.41, 5.74) is 5.43. The van der Waals surface area contributed by atoms with Crippen LogP contribution >= 0.6 is 15.9 Å². The first-order valence-electron chi connectivity index (χ1n) is 9.18. The van der Waals surface area contributed by atoms with Gasteiger partial charge in [-0.05, 0) is 46.5 Å². The Bertz CT molecular complexity index is 942. The van der Waals surface area contributed by atoms with Gasteiger partial charge in [-0.1, -0.05) is 64.5 Å². The Labute approximate surface area is 172 Å². The van der Waals surface area contributed by atoms with Crippen molar-refractivity contribution in [3.8, 4) is 11.1 Å². The smallest absolute Gasteiger partial charge is 0.414 e. The van der Waals surface area contributed by atoms with Gasteiger partial charge in [0.15, 0.2) is 0 Å². The lowest BCUT2D eigenvalue weighted by Crippen LogP contribution is -2.34. The molecule has 4 nitrogen and oxygen atoms in total. The maximum absolute atomic E-state index is 12.8. The number of nitrogens with zero attached hydrogens (tertiary/aromatic N) is 1. The van der Waals surface area contributed by atoms with Gasteiger partial charge in [0.1, 0.15) is 6.61 Å². The van der Waals surface area contributed by atoms with Crippen LogP contribution in [0.4, 0.5) is 10.5 Å². The van der Waals surface area contributed by atoms with Gasteiger partial charge in [0.05, 0.1) is 13.2 Å². The number of amides is 1. The third-order valence-electron chi connectivity index (χ3n) is 5.02. The van der Waals surface area contributed by atoms with E-state index in [0.717, 1.165) is 4.47 Å². The van der Waals surface area contributed by atoms with Crippen LogP contribution in [-0.4, -0.2) is 31.0 Å². The van der Waals surface area contributed by atoms with E-state index in [1.165, 1.54) is 27.2 Å². The molecule has 0 saturated carbocycles. The molecule has 28 heavy (non-hydrogen) atoms. The van der Waals surface area contributed by atoms with E-state index in [-0.39, 0.29) is 25.7 Å². The first-order chi connectivity index (χ1) is 13.7. The summed E-state index contributed by atoms with van der Waals surface area (Å²) >= 11 is 3.39. The Kier molecular flexibility index (Phi) is 5.46. The predicted octanol–water partition coefficient (Wildman–Crippen LogP) is 5.20. The van der Waals surface area contributed by atoms with Crippen molar-refractivity contribution in [2.75, 3.05) is 24.7 Å². The van der Waals surface area contributed by atoms with Gasteiger partial charge < -0.3 is 9.84 Å². The minimum atomic E-state index is -0.460. The van der Waals surface area contributed by atoms with Crippen LogP contribution in [-0.2, 0) is 4.74 Å². The molecule has 1 aliphatic rings. The van der Waals surface area contributed by atoms with Crippen molar-refractivity contribution >= 4 is 27.7 Å². The summed E-state index contributed by atoms with van der Waals surface area (Å²) in [7, 11) is 0. The maximum Gasteiger partial charge on any atom is 0.414 e. The quantitative estimate of drug-likeness (QED) is 0.596. The Morgan fingerprint density at radius 1 is 0.929 bits per heavy atom. The van der Waals surface area contributed by atoms with Crippen molar-refractivity contribution in [2.45, 2.75) is 5.92 Å². The molecule has 4 rings (SSSR count). The van der Waals surface area contributed by atoms with Crippen LogP contribution in [0, 0.1) is 0 Å². The zero-order valence-electron chi connectivity index (χ0n) is 15.2. The lowest BCUT2D eigenvalue weighted by molar-refractivity contribution is 0.148. The normalized spacial score (nSPS) is 12.4. The minimum Gasteiger partial charge on any atom is -0.448 e. The highest BCUT2D eigenvalue weighted by Crippen LogP contribution is 2.44. The average Bonchev–Trinajstić information content (AvgIpc) is 3.05. The molecular weight excluding hydrogens is 418 g/mol. The minimum absolute atomic E-state index is 0.0113. The van der Waals surface area contributed by atoms with E-state index >= 15 is 0 Å². The largest absolute Gasteiger partial charge is 0.448 e. The molecule has 1 aliphatic carbocycles. The summed E-state index contributed by atoms with van der Waals surface area (Å²) in [4.78, 5) is 14.2. The highest BCUT2D eigenvalue weighted by molar-refractivity contribution is 9.10. The number of carbonyl (C=O) groups excluding carboxylic acids is 1. The molecule has 142 valence electrons. The summed E-state index contributed by atoms with van der Waals surface area (Å²) in [5.74, 6) is 0.0113. The number of halogens is 1. The standard InChI is InChI=1S/C23H20BrNO3/c24-16-9-11-17(12-10-16)25(13-14-26)23(27)28-15-22-20-7-3-1-5-18(20)19-6-2-4-8-21(19)22/h1-12,22,26H,13-15H2. The van der Waals surface area contributed by atoms with E-state index < -0.39 is 6.09 Å². The van der Waals surface area contributed by atoms with Gasteiger partial charge in [0.2, 0.25) is 0 Å². The molecule has 0 spiro atoms. The summed E-state index contributed by atoms with van der Waals surface area (Å²) in [6.07, 6.45) is -0.460. The Hall–Kier alpha value is -2.63. The zero-order valence-corrected chi connectivity index (χ0v) is 16.8. The van der Waals surface area contributed by atoms with E-state index in [9.17, 15) is 9.90 Å². The number of benzene rings is 3. The van der Waals surface area contributed by atoms with Crippen LogP contribution in [0.1, 0.15) is 17.0 Å². The van der Waals surface area contributed by atoms with E-state index in [4.69, 9.17) is 4.74 Å². The topological polar surface area (TPSA) is 49.8 Å². The highest BCUT2D eigenvalue weighted by Gasteiger charge is 2.29. The molecule has 0 bridgehead atoms. The van der Waals surface area contributed by atoms with Crippen molar-refractivity contribution in [2.24, 2.45) is 0 Å². The van der Waals surface area contributed by atoms with Gasteiger partial charge >= 0.3 is 6.09 Å². The van der Waals surface area contributed by atoms with Gasteiger partial charge in [0, 0.05) is 16.1 Å². The second kappa shape index (κ2) is 8.17. The Balaban J connectivity index is 1.55. The Morgan fingerprint density at radius 2 is 1.50 bits per heavy atom. The van der Waals surface area contributed by atoms with Crippen molar-refractivity contribution < 1.29 is 14.6 Å². The molecular formula is C23H20BrNO3. The molecule has 5 heteroatoms. The number of hydrogen-bond donors (Lipinski definition) is 1. The molecule has 3 aromatic rings. The summed E-state index contributed by atoms with van der Waals surface area (Å²) < 4.78 is 6.63. The van der Waals surface area contributed by atoms with Crippen molar-refractivity contribution in [3.63, 3.8) is 0 Å². The molecule has 0 atom stereocenters. The van der Waals surface area contributed by atoms with Gasteiger partial charge in [0.25, 0.3) is 0 Å². The molecule has 0 fully saturated rings. The number of hydrogen-bond acceptors (Lipinski definition) is 3. The van der Waals surface area contributed by atoms with E-state index in [1.54, 1.807) is 0 Å². The molecule has 1 N–H and O–H groups in total. The van der Waals surface area contributed by atoms with Crippen molar-refractivity contribution in [1.29, 1.82) is 0 Å². The first-order valence-corrected chi connectivity index (χ1v) is 9.97. The third kappa shape index (κ3) is 3.55. The maximum atomic E-state index is 12.8. The van der Waals surface area contributed by atoms with Crippen molar-refractivity contribution in [1.82, 2.24) is 0 Å². The van der Waals surface area contributed by atoms with E-state index in [2.05, 4.69) is 40.2 Å². The SMILES string of the molecule is O=C(OCC1c2ccccc2-c2ccccc21)N(CCO)c1ccc(Br)cc1. The lowest BCUT2D eigenvalue weighted by atomic mass is 9.98. The monoisotopic (exact) mass is 437 g/mol. The van der Waals surface area contributed by atoms with Gasteiger partial charge in [-0.15, -0.1) is 0 Å². The number of fused-ring (bicyclic) bond motifs is 3. The van der Waals surface area contributed by atoms with Gasteiger partial charge in [-0.25, -0.2) is 4.79 Å². The molecule has 3 aromatic carbocycles. The summed E-state index contributed by atoms with van der Waals surface area (Å²) in [6, 6.07) is 23.8. The second-order valence-electron chi connectivity index (χ2n) is 6.66. The number of rotatable bonds is 5. The number of aliphatic hydroxyl groups is 1. The van der Waals surface area contributed by atoms with Crippen LogP contribution in [0.3, 0.4) is 0 Å². The number of ether oxygens (including phenoxy) is 1. The molecule has 0 aromatic heterocycles. The van der Waals surface area contributed by atoms with Crippen LogP contribution < -0.4 is 4.90 Å². The van der Waals surface area contributed by atoms with Crippen LogP contribution in [0.2, 0.25) is 0 Å². The average molecular weight is 438 g/mol. The highest BCUT2D eigenvalue weighted by atomic mass is 79.9. The van der Waals surface area contributed by atoms with Gasteiger partial charge in [-0.3, -0.25) is 4.90 Å². The van der Waals surface area contributed by atoms with Crippen LogP contribution in [0.5, 0.6) is 0 Å². The van der Waals surface area contributed by atoms with E-state index in [1.807, 2.05) is 48.5 Å². The molecule has 1 amide bonds. The predicted molar refractivity (Wildman–Crippen MR) is 114 cm³/mol. The number of anilines is 1. The van der Waals surface area contributed by atoms with Crippen LogP contribution in [0.25, 0.3) is 11.1 Å². The number of aliphatic hydroxyl groups excluding tert-OH is 1. The number of carbonyl (C=O) groups is 1. The lowest BCUT2D eigenvalue weighted by Gasteiger charge is -2.23. The summed E-state index contributed by atoms with van der Waals surface area (Å²) in [5, 5.41) is 9.38. The second-order valence-corrected chi connectivity index (χ2v) is 7.57. The molecule has 0 saturated heterocycles. The van der Waals surface area contributed by atoms with Crippen LogP contribution in [0.15, 0.2) is 77.3 Å². The molecule has 0 unspecified atom stereocenters. The fourth-order valence-corrected chi connectivity index (χ4v) is 3.98. The molecule has 0 aliphatic heterocycles. The molecule has 0 radical (unpaired) electrons. The van der Waals surface area contributed by atoms with Gasteiger partial charge in [-0.2, -0.15) is 0 Å². The van der Waals surface area contributed by atoms with E-state index in [0.29, 0.717) is 5.69 Å². The Morgan fingerprint density at radius 3 is 2.07 bits per heavy atom. The zero-order chi connectivity index (χ0) is 19.5. The summed E-state index contributed by atoms with van der Waals surface area (Å²) in [6.45, 7) is 0.296. The van der Waals surface area contributed by atoms with Crippen molar-refractivity contribution in [3.05, 3.63) is 88.4 Å². The fraction of sp³-hybridized carbons (Fsp3) is 0.174. The molecule has 0 heterocycles. The fourth-order valence-electron chi connectivity index (χ4n) is 3.72. The third-order valence-corrected chi connectivity index (χ3v) is 5.55. The first kappa shape index (κ1) is 18.7.